The largest absolute Gasteiger partial charge is 0.441 e. The summed E-state index contributed by atoms with van der Waals surface area (Å²) in [6.45, 7) is 4.10. The van der Waals surface area contributed by atoms with Gasteiger partial charge in [-0.3, -0.25) is 0 Å². The third-order valence-corrected chi connectivity index (χ3v) is 17.5. The molecule has 22 heavy (non-hydrogen) atoms. The average molecular weight is 367 g/mol. The normalized spacial score (nSPS) is 13.5. The molecule has 0 saturated carbocycles. The molecule has 0 amide bonds. The van der Waals surface area contributed by atoms with Gasteiger partial charge in [-0.25, -0.2) is 0 Å². The Labute approximate surface area is 137 Å². The summed E-state index contributed by atoms with van der Waals surface area (Å²) in [5.74, 6) is 0. The average Bonchev–Trinajstić information content (AvgIpc) is 2.54. The lowest BCUT2D eigenvalue weighted by Crippen LogP contribution is -2.64. The first kappa shape index (κ1) is 17.5. The summed E-state index contributed by atoms with van der Waals surface area (Å²) in [5, 5.41) is 1.69. The van der Waals surface area contributed by atoms with E-state index in [1.807, 2.05) is 73.8 Å². The molecule has 118 valence electrons. The van der Waals surface area contributed by atoms with Gasteiger partial charge in [0.25, 0.3) is 10.0 Å². The van der Waals surface area contributed by atoms with Crippen LogP contribution < -0.4 is 10.4 Å². The van der Waals surface area contributed by atoms with Gasteiger partial charge in [0.1, 0.15) is 0 Å². The maximum Gasteiger partial charge on any atom is 0.393 e. The van der Waals surface area contributed by atoms with Gasteiger partial charge in [0.15, 0.2) is 17.1 Å². The van der Waals surface area contributed by atoms with Crippen LogP contribution in [0.15, 0.2) is 60.7 Å². The highest BCUT2D eigenvalue weighted by Crippen LogP contribution is 2.08. The lowest BCUT2D eigenvalue weighted by atomic mass is 10.4. The third-order valence-electron chi connectivity index (χ3n) is 3.41. The molecule has 0 saturated heterocycles. The monoisotopic (exact) mass is 366 g/mol. The molecule has 8 heteroatoms. The van der Waals surface area contributed by atoms with Crippen LogP contribution in [-0.4, -0.2) is 45.3 Å². The van der Waals surface area contributed by atoms with Crippen LogP contribution in [0.4, 0.5) is 0 Å². The van der Waals surface area contributed by atoms with Crippen LogP contribution in [0.2, 0.25) is 13.1 Å². The lowest BCUT2D eigenvalue weighted by molar-refractivity contribution is 0.418. The van der Waals surface area contributed by atoms with Gasteiger partial charge in [-0.05, 0) is 23.5 Å². The van der Waals surface area contributed by atoms with E-state index in [4.69, 9.17) is 13.0 Å². The van der Waals surface area contributed by atoms with Crippen molar-refractivity contribution < 1.29 is 17.8 Å². The molecule has 0 aliphatic rings. The zero-order chi connectivity index (χ0) is 16.1. The number of hydrogen-bond donors (Lipinski definition) is 2. The van der Waals surface area contributed by atoms with Gasteiger partial charge in [-0.2, -0.15) is 0 Å². The van der Waals surface area contributed by atoms with Crippen LogP contribution in [-0.2, 0) is 8.23 Å². The Hall–Kier alpha value is -0.852. The summed E-state index contributed by atoms with van der Waals surface area (Å²) in [5.41, 5.74) is 0. The minimum atomic E-state index is -3.19. The topological polar surface area (TPSA) is 58.9 Å². The highest BCUT2D eigenvalue weighted by molar-refractivity contribution is 7.21. The van der Waals surface area contributed by atoms with Gasteiger partial charge in [0, 0.05) is 0 Å². The van der Waals surface area contributed by atoms with Crippen LogP contribution in [0.3, 0.4) is 0 Å². The standard InChI is InChI=1S/C14H22O4Si4/c1-21(2,17-19-15)20-18-22(16,13-9-5-3-6-10-13)14-11-7-4-8-12-14/h3-12,15-16H,19-20H2,1-2H3. The Bertz CT molecular complexity index is 540. The summed E-state index contributed by atoms with van der Waals surface area (Å²) in [4.78, 5) is 20.5. The SMILES string of the molecule is C[Si](C)(O[SiH2]O)[SiH2]O[Si](O)(c1ccccc1)c1ccccc1. The molecule has 0 spiro atoms. The minimum Gasteiger partial charge on any atom is -0.441 e. The van der Waals surface area contributed by atoms with Crippen molar-refractivity contribution >= 4 is 46.1 Å². The van der Waals surface area contributed by atoms with Crippen LogP contribution in [0.1, 0.15) is 0 Å². The van der Waals surface area contributed by atoms with Gasteiger partial charge in [-0.1, -0.05) is 60.7 Å². The molecule has 0 radical (unpaired) electrons. The second-order valence-electron chi connectivity index (χ2n) is 5.70. The molecular weight excluding hydrogens is 344 g/mol. The molecule has 0 aromatic heterocycles. The second-order valence-corrected chi connectivity index (χ2v) is 20.5. The van der Waals surface area contributed by atoms with E-state index in [-0.39, 0.29) is 0 Å². The molecule has 4 nitrogen and oxygen atoms in total. The fourth-order valence-corrected chi connectivity index (χ4v) is 15.6. The summed E-state index contributed by atoms with van der Waals surface area (Å²) in [6.07, 6.45) is 0. The molecule has 0 fully saturated rings. The smallest absolute Gasteiger partial charge is 0.393 e. The number of hydrogen-bond acceptors (Lipinski definition) is 4. The molecular formula is C14H22O4Si4. The van der Waals surface area contributed by atoms with Crippen molar-refractivity contribution in [3.63, 3.8) is 0 Å². The summed E-state index contributed by atoms with van der Waals surface area (Å²) < 4.78 is 11.8. The highest BCUT2D eigenvalue weighted by atomic mass is 29.2. The van der Waals surface area contributed by atoms with E-state index in [0.717, 1.165) is 10.4 Å². The molecule has 0 unspecified atom stereocenters. The van der Waals surface area contributed by atoms with Crippen LogP contribution >= 0.6 is 0 Å². The van der Waals surface area contributed by atoms with E-state index < -0.39 is 35.7 Å². The van der Waals surface area contributed by atoms with Crippen molar-refractivity contribution in [1.82, 2.24) is 0 Å². The molecule has 2 rings (SSSR count). The van der Waals surface area contributed by atoms with Gasteiger partial charge in [0.05, 0.1) is 0 Å². The fraction of sp³-hybridized carbons (Fsp3) is 0.143. The molecule has 0 heterocycles. The second kappa shape index (κ2) is 7.61. The van der Waals surface area contributed by atoms with E-state index >= 15 is 0 Å². The summed E-state index contributed by atoms with van der Waals surface area (Å²) in [6, 6.07) is 19.2. The minimum absolute atomic E-state index is 0.847. The Morgan fingerprint density at radius 3 is 1.68 bits per heavy atom. The van der Waals surface area contributed by atoms with Crippen molar-refractivity contribution in [2.75, 3.05) is 0 Å². The zero-order valence-corrected chi connectivity index (χ0v) is 17.7. The maximum absolute atomic E-state index is 11.4. The molecule has 2 aromatic rings. The van der Waals surface area contributed by atoms with Crippen LogP contribution in [0, 0.1) is 0 Å². The number of benzene rings is 2. The van der Waals surface area contributed by atoms with Crippen LogP contribution in [0.25, 0.3) is 0 Å². The third kappa shape index (κ3) is 4.33. The first-order valence-corrected chi connectivity index (χ1v) is 16.1. The van der Waals surface area contributed by atoms with Crippen molar-refractivity contribution in [2.45, 2.75) is 13.1 Å². The van der Waals surface area contributed by atoms with Crippen molar-refractivity contribution in [1.29, 1.82) is 0 Å². The quantitative estimate of drug-likeness (QED) is 0.620. The molecule has 0 atom stereocenters. The van der Waals surface area contributed by atoms with Gasteiger partial charge in [-0.15, -0.1) is 0 Å². The molecule has 0 aliphatic carbocycles. The predicted octanol–water partition coefficient (Wildman–Crippen LogP) is -0.955. The molecule has 0 aliphatic heterocycles. The van der Waals surface area contributed by atoms with Gasteiger partial charge in [0.2, 0.25) is 0 Å². The Morgan fingerprint density at radius 1 is 0.818 bits per heavy atom. The van der Waals surface area contributed by atoms with E-state index in [9.17, 15) is 4.80 Å². The highest BCUT2D eigenvalue weighted by Gasteiger charge is 2.40. The fourth-order valence-electron chi connectivity index (χ4n) is 2.16. The molecule has 0 bridgehead atoms. The van der Waals surface area contributed by atoms with E-state index in [1.54, 1.807) is 0 Å². The van der Waals surface area contributed by atoms with Gasteiger partial charge >= 0.3 is 8.56 Å². The predicted molar refractivity (Wildman–Crippen MR) is 99.1 cm³/mol. The van der Waals surface area contributed by atoms with Gasteiger partial charge < -0.3 is 17.8 Å². The zero-order valence-electron chi connectivity index (χ0n) is 12.9. The van der Waals surface area contributed by atoms with E-state index in [0.29, 0.717) is 0 Å². The number of rotatable bonds is 7. The van der Waals surface area contributed by atoms with E-state index in [1.165, 1.54) is 0 Å². The van der Waals surface area contributed by atoms with E-state index in [2.05, 4.69) is 0 Å². The Balaban J connectivity index is 2.31. The summed E-state index contributed by atoms with van der Waals surface area (Å²) in [7, 11) is -7.66. The molecule has 2 N–H and O–H groups in total. The van der Waals surface area contributed by atoms with Crippen molar-refractivity contribution in [3.05, 3.63) is 60.7 Å². The Kier molecular flexibility index (Phi) is 6.06. The maximum atomic E-state index is 11.4. The first-order valence-electron chi connectivity index (χ1n) is 7.20. The first-order chi connectivity index (χ1) is 10.5. The van der Waals surface area contributed by atoms with Crippen molar-refractivity contribution in [3.8, 4) is 0 Å². The Morgan fingerprint density at radius 2 is 1.27 bits per heavy atom. The lowest BCUT2D eigenvalue weighted by Gasteiger charge is -2.30. The molecule has 2 aromatic carbocycles. The van der Waals surface area contributed by atoms with Crippen LogP contribution in [0.5, 0.6) is 0 Å². The summed E-state index contributed by atoms with van der Waals surface area (Å²) >= 11 is 0. The van der Waals surface area contributed by atoms with Crippen molar-refractivity contribution in [2.24, 2.45) is 0 Å².